The average Bonchev–Trinajstić information content (AvgIpc) is 2.59. The van der Waals surface area contributed by atoms with E-state index in [2.05, 4.69) is 20.2 Å². The minimum atomic E-state index is -0.234. The van der Waals surface area contributed by atoms with Gasteiger partial charge in [-0.15, -0.1) is 5.10 Å². The molecule has 2 aromatic rings. The highest BCUT2D eigenvalue weighted by Crippen LogP contribution is 2.24. The normalized spacial score (nSPS) is 11.1. The molecular formula is C9H10ClN5OS. The van der Waals surface area contributed by atoms with Gasteiger partial charge in [-0.25, -0.2) is 19.9 Å². The van der Waals surface area contributed by atoms with Gasteiger partial charge in [0.25, 0.3) is 0 Å². The van der Waals surface area contributed by atoms with Crippen molar-refractivity contribution in [2.24, 2.45) is 0 Å². The number of H-pyrrole nitrogens is 1. The van der Waals surface area contributed by atoms with Crippen LogP contribution in [0.2, 0.25) is 5.28 Å². The van der Waals surface area contributed by atoms with Crippen molar-refractivity contribution in [1.82, 2.24) is 24.7 Å². The van der Waals surface area contributed by atoms with Crippen molar-refractivity contribution in [2.75, 3.05) is 0 Å². The lowest BCUT2D eigenvalue weighted by molar-refractivity contribution is 0.534. The predicted octanol–water partition coefficient (Wildman–Crippen LogP) is 1.75. The molecule has 0 aromatic carbocycles. The lowest BCUT2D eigenvalue weighted by Gasteiger charge is -2.07. The number of nitrogens with one attached hydrogen (secondary N) is 1. The van der Waals surface area contributed by atoms with Gasteiger partial charge in [0.05, 0.1) is 0 Å². The molecule has 0 unspecified atom stereocenters. The van der Waals surface area contributed by atoms with E-state index in [9.17, 15) is 4.79 Å². The maximum atomic E-state index is 11.5. The molecule has 0 bridgehead atoms. The summed E-state index contributed by atoms with van der Waals surface area (Å²) in [6.07, 6.45) is 1.56. The van der Waals surface area contributed by atoms with E-state index in [1.165, 1.54) is 11.8 Å². The fourth-order valence-electron chi connectivity index (χ4n) is 1.29. The monoisotopic (exact) mass is 271 g/mol. The molecule has 0 aliphatic rings. The van der Waals surface area contributed by atoms with Crippen LogP contribution in [0.3, 0.4) is 0 Å². The second-order valence-corrected chi connectivity index (χ2v) is 4.87. The molecule has 6 nitrogen and oxygen atoms in total. The zero-order valence-electron chi connectivity index (χ0n) is 9.22. The molecule has 0 aliphatic heterocycles. The molecule has 1 N–H and O–H groups in total. The number of nitrogens with zero attached hydrogens (tertiary/aromatic N) is 4. The molecule has 0 spiro atoms. The van der Waals surface area contributed by atoms with Gasteiger partial charge in [-0.3, -0.25) is 4.57 Å². The third kappa shape index (κ3) is 2.67. The first kappa shape index (κ1) is 12.1. The number of aromatic nitrogens is 5. The Bertz CT molecular complexity index is 579. The van der Waals surface area contributed by atoms with Gasteiger partial charge in [-0.05, 0) is 43.3 Å². The molecule has 90 valence electrons. The molecule has 0 atom stereocenters. The molecule has 0 saturated heterocycles. The summed E-state index contributed by atoms with van der Waals surface area (Å²) < 4.78 is 1.56. The lowest BCUT2D eigenvalue weighted by Crippen LogP contribution is -2.19. The van der Waals surface area contributed by atoms with E-state index in [1.807, 2.05) is 13.8 Å². The van der Waals surface area contributed by atoms with E-state index >= 15 is 0 Å². The van der Waals surface area contributed by atoms with Crippen LogP contribution in [0, 0.1) is 0 Å². The Labute approximate surface area is 106 Å². The van der Waals surface area contributed by atoms with Gasteiger partial charge in [-0.1, -0.05) is 0 Å². The molecule has 0 fully saturated rings. The number of hydrogen-bond donors (Lipinski definition) is 1. The average molecular weight is 272 g/mol. The highest BCUT2D eigenvalue weighted by molar-refractivity contribution is 7.99. The number of rotatable bonds is 3. The fourth-order valence-corrected chi connectivity index (χ4v) is 2.42. The van der Waals surface area contributed by atoms with Crippen LogP contribution in [0.5, 0.6) is 0 Å². The van der Waals surface area contributed by atoms with Crippen LogP contribution < -0.4 is 5.69 Å². The van der Waals surface area contributed by atoms with Gasteiger partial charge >= 0.3 is 5.69 Å². The summed E-state index contributed by atoms with van der Waals surface area (Å²) in [5, 5.41) is 7.73. The van der Waals surface area contributed by atoms with E-state index in [0.29, 0.717) is 10.2 Å². The quantitative estimate of drug-likeness (QED) is 0.680. The molecule has 2 aromatic heterocycles. The van der Waals surface area contributed by atoms with Crippen molar-refractivity contribution in [3.63, 3.8) is 0 Å². The number of halogens is 1. The van der Waals surface area contributed by atoms with E-state index < -0.39 is 0 Å². The molecule has 2 rings (SSSR count). The summed E-state index contributed by atoms with van der Waals surface area (Å²) in [6.45, 7) is 3.82. The van der Waals surface area contributed by atoms with E-state index in [4.69, 9.17) is 11.6 Å². The fraction of sp³-hybridized carbons (Fsp3) is 0.333. The van der Waals surface area contributed by atoms with Crippen molar-refractivity contribution < 1.29 is 0 Å². The molecule has 17 heavy (non-hydrogen) atoms. The van der Waals surface area contributed by atoms with E-state index in [-0.39, 0.29) is 17.0 Å². The van der Waals surface area contributed by atoms with Gasteiger partial charge in [0.2, 0.25) is 5.28 Å². The third-order valence-electron chi connectivity index (χ3n) is 1.98. The maximum absolute atomic E-state index is 11.5. The van der Waals surface area contributed by atoms with Crippen LogP contribution in [0.1, 0.15) is 19.9 Å². The van der Waals surface area contributed by atoms with Crippen LogP contribution in [-0.2, 0) is 0 Å². The van der Waals surface area contributed by atoms with Crippen molar-refractivity contribution >= 4 is 23.4 Å². The Morgan fingerprint density at radius 1 is 1.53 bits per heavy atom. The van der Waals surface area contributed by atoms with Crippen molar-refractivity contribution in [3.8, 4) is 0 Å². The largest absolute Gasteiger partial charge is 0.344 e. The van der Waals surface area contributed by atoms with Crippen LogP contribution in [-0.4, -0.2) is 24.7 Å². The van der Waals surface area contributed by atoms with Gasteiger partial charge in [0, 0.05) is 12.2 Å². The Hall–Kier alpha value is -1.34. The Balaban J connectivity index is 2.34. The standard InChI is InChI=1S/C9H10ClN5OS/c1-5(2)15-8(16)13-14-9(15)17-6-3-4-11-7(10)12-6/h3-5H,1-2H3,(H,13,16). The zero-order chi connectivity index (χ0) is 12.4. The molecular weight excluding hydrogens is 262 g/mol. The van der Waals surface area contributed by atoms with Crippen LogP contribution >= 0.6 is 23.4 Å². The summed E-state index contributed by atoms with van der Waals surface area (Å²) in [6, 6.07) is 1.74. The van der Waals surface area contributed by atoms with Crippen molar-refractivity contribution in [1.29, 1.82) is 0 Å². The topological polar surface area (TPSA) is 76.5 Å². The molecule has 8 heteroatoms. The van der Waals surface area contributed by atoms with E-state index in [1.54, 1.807) is 16.8 Å². The molecule has 0 saturated carbocycles. The molecule has 2 heterocycles. The van der Waals surface area contributed by atoms with Crippen molar-refractivity contribution in [3.05, 3.63) is 28.0 Å². The smallest absolute Gasteiger partial charge is 0.267 e. The SMILES string of the molecule is CC(C)n1c(Sc2ccnc(Cl)n2)n[nH]c1=O. The second-order valence-electron chi connectivity index (χ2n) is 3.54. The first-order chi connectivity index (χ1) is 8.08. The summed E-state index contributed by atoms with van der Waals surface area (Å²) in [7, 11) is 0. The highest BCUT2D eigenvalue weighted by atomic mass is 35.5. The van der Waals surface area contributed by atoms with Crippen LogP contribution in [0.4, 0.5) is 0 Å². The summed E-state index contributed by atoms with van der Waals surface area (Å²) in [5.74, 6) is 0. The van der Waals surface area contributed by atoms with Gasteiger partial charge in [-0.2, -0.15) is 0 Å². The van der Waals surface area contributed by atoms with E-state index in [0.717, 1.165) is 0 Å². The Kier molecular flexibility index (Phi) is 3.49. The van der Waals surface area contributed by atoms with Crippen LogP contribution in [0.25, 0.3) is 0 Å². The van der Waals surface area contributed by atoms with Gasteiger partial charge < -0.3 is 0 Å². The minimum Gasteiger partial charge on any atom is -0.267 e. The zero-order valence-corrected chi connectivity index (χ0v) is 10.8. The Morgan fingerprint density at radius 3 is 2.94 bits per heavy atom. The summed E-state index contributed by atoms with van der Waals surface area (Å²) in [4.78, 5) is 19.3. The molecule has 0 aliphatic carbocycles. The minimum absolute atomic E-state index is 0.0288. The lowest BCUT2D eigenvalue weighted by atomic mass is 10.4. The van der Waals surface area contributed by atoms with Gasteiger partial charge in [0.15, 0.2) is 5.16 Å². The van der Waals surface area contributed by atoms with Gasteiger partial charge in [0.1, 0.15) is 5.03 Å². The molecule has 0 radical (unpaired) electrons. The summed E-state index contributed by atoms with van der Waals surface area (Å²) in [5.41, 5.74) is -0.234. The number of aromatic amines is 1. The Morgan fingerprint density at radius 2 is 2.29 bits per heavy atom. The number of hydrogen-bond acceptors (Lipinski definition) is 5. The summed E-state index contributed by atoms with van der Waals surface area (Å²) >= 11 is 6.95. The first-order valence-corrected chi connectivity index (χ1v) is 6.10. The maximum Gasteiger partial charge on any atom is 0.344 e. The second kappa shape index (κ2) is 4.89. The predicted molar refractivity (Wildman–Crippen MR) is 64.4 cm³/mol. The van der Waals surface area contributed by atoms with Crippen molar-refractivity contribution in [2.45, 2.75) is 30.1 Å². The molecule has 0 amide bonds. The third-order valence-corrected chi connectivity index (χ3v) is 3.07. The van der Waals surface area contributed by atoms with Crippen LogP contribution in [0.15, 0.2) is 27.2 Å². The highest BCUT2D eigenvalue weighted by Gasteiger charge is 2.13. The first-order valence-electron chi connectivity index (χ1n) is 4.91.